The maximum atomic E-state index is 11.1. The van der Waals surface area contributed by atoms with E-state index in [1.807, 2.05) is 0 Å². The number of carbonyl (C=O) groups is 1. The second-order valence-electron chi connectivity index (χ2n) is 10.1. The Labute approximate surface area is 178 Å². The van der Waals surface area contributed by atoms with Gasteiger partial charge < -0.3 is 5.73 Å². The molecule has 4 rings (SSSR count). The van der Waals surface area contributed by atoms with E-state index in [0.717, 1.165) is 31.6 Å². The maximum Gasteiger partial charge on any atom is 0.231 e. The Morgan fingerprint density at radius 1 is 1.14 bits per heavy atom. The summed E-state index contributed by atoms with van der Waals surface area (Å²) in [6.45, 7) is 11.7. The van der Waals surface area contributed by atoms with E-state index in [0.29, 0.717) is 12.5 Å². The maximum absolute atomic E-state index is 11.1. The molecule has 0 bridgehead atoms. The van der Waals surface area contributed by atoms with Crippen LogP contribution in [0.25, 0.3) is 11.3 Å². The number of nitrogens with zero attached hydrogens (tertiary/aromatic N) is 2. The Morgan fingerprint density at radius 3 is 2.45 bits per heavy atom. The number of hydrogen-bond donors (Lipinski definition) is 1. The number of likely N-dealkylation sites (tertiary alicyclic amines) is 1. The number of thiazole rings is 1. The number of nitrogens with two attached hydrogens (primary N) is 1. The number of benzene rings is 1. The number of amides is 1. The number of carbonyl (C=O) groups excluding carboxylic acids is 1. The molecule has 1 aliphatic heterocycles. The van der Waals surface area contributed by atoms with E-state index in [1.165, 1.54) is 34.5 Å². The Kier molecular flexibility index (Phi) is 5.32. The van der Waals surface area contributed by atoms with Crippen LogP contribution >= 0.6 is 11.3 Å². The SMILES string of the molecule is CC1(C)CCC(C)(C)c2cc(-c3csc(C4CCN(CC(N)=O)CC4)n3)ccc21. The Morgan fingerprint density at radius 2 is 1.79 bits per heavy atom. The van der Waals surface area contributed by atoms with Gasteiger partial charge in [0, 0.05) is 16.9 Å². The van der Waals surface area contributed by atoms with Crippen LogP contribution in [-0.4, -0.2) is 35.4 Å². The second kappa shape index (κ2) is 7.51. The van der Waals surface area contributed by atoms with Crippen LogP contribution in [-0.2, 0) is 15.6 Å². The molecule has 5 heteroatoms. The van der Waals surface area contributed by atoms with Crippen LogP contribution in [0.5, 0.6) is 0 Å². The molecule has 156 valence electrons. The summed E-state index contributed by atoms with van der Waals surface area (Å²) < 4.78 is 0. The zero-order valence-corrected chi connectivity index (χ0v) is 18.9. The number of aromatic nitrogens is 1. The first-order chi connectivity index (χ1) is 13.7. The summed E-state index contributed by atoms with van der Waals surface area (Å²) in [5.74, 6) is 0.254. The highest BCUT2D eigenvalue weighted by molar-refractivity contribution is 7.10. The van der Waals surface area contributed by atoms with Gasteiger partial charge in [-0.15, -0.1) is 11.3 Å². The lowest BCUT2D eigenvalue weighted by Crippen LogP contribution is -2.39. The van der Waals surface area contributed by atoms with Gasteiger partial charge in [0.05, 0.1) is 17.2 Å². The van der Waals surface area contributed by atoms with E-state index in [9.17, 15) is 4.79 Å². The minimum atomic E-state index is -0.238. The third kappa shape index (κ3) is 4.13. The van der Waals surface area contributed by atoms with E-state index >= 15 is 0 Å². The summed E-state index contributed by atoms with van der Waals surface area (Å²) >= 11 is 1.78. The summed E-state index contributed by atoms with van der Waals surface area (Å²) in [6.07, 6.45) is 4.56. The summed E-state index contributed by atoms with van der Waals surface area (Å²) in [6, 6.07) is 6.99. The van der Waals surface area contributed by atoms with Crippen LogP contribution < -0.4 is 5.73 Å². The van der Waals surface area contributed by atoms with Crippen LogP contribution in [0, 0.1) is 0 Å². The summed E-state index contributed by atoms with van der Waals surface area (Å²) in [4.78, 5) is 18.3. The predicted octanol–water partition coefficient (Wildman–Crippen LogP) is 4.82. The highest BCUT2D eigenvalue weighted by Gasteiger charge is 2.37. The number of hydrogen-bond acceptors (Lipinski definition) is 4. The van der Waals surface area contributed by atoms with Crippen LogP contribution in [0.2, 0.25) is 0 Å². The molecule has 2 aliphatic rings. The predicted molar refractivity (Wildman–Crippen MR) is 120 cm³/mol. The molecule has 1 aromatic heterocycles. The molecule has 0 radical (unpaired) electrons. The van der Waals surface area contributed by atoms with Crippen molar-refractivity contribution < 1.29 is 4.79 Å². The molecule has 0 atom stereocenters. The lowest BCUT2D eigenvalue weighted by Gasteiger charge is -2.42. The average molecular weight is 412 g/mol. The minimum absolute atomic E-state index is 0.215. The molecule has 1 saturated heterocycles. The van der Waals surface area contributed by atoms with E-state index in [-0.39, 0.29) is 16.7 Å². The first-order valence-corrected chi connectivity index (χ1v) is 11.7. The van der Waals surface area contributed by atoms with E-state index in [2.05, 4.69) is 56.2 Å². The second-order valence-corrected chi connectivity index (χ2v) is 11.0. The number of fused-ring (bicyclic) bond motifs is 1. The van der Waals surface area contributed by atoms with Crippen LogP contribution in [0.1, 0.15) is 75.4 Å². The molecular formula is C24H33N3OS. The normalized spacial score (nSPS) is 21.7. The van der Waals surface area contributed by atoms with Gasteiger partial charge >= 0.3 is 0 Å². The smallest absolute Gasteiger partial charge is 0.231 e. The van der Waals surface area contributed by atoms with E-state index in [4.69, 9.17) is 10.7 Å². The van der Waals surface area contributed by atoms with Gasteiger partial charge in [0.15, 0.2) is 0 Å². The molecule has 1 amide bonds. The molecule has 0 saturated carbocycles. The third-order valence-corrected chi connectivity index (χ3v) is 7.99. The van der Waals surface area contributed by atoms with Crippen molar-refractivity contribution in [1.29, 1.82) is 0 Å². The quantitative estimate of drug-likeness (QED) is 0.784. The number of piperidine rings is 1. The van der Waals surface area contributed by atoms with Crippen LogP contribution in [0.4, 0.5) is 0 Å². The Bertz CT molecular complexity index is 907. The van der Waals surface area contributed by atoms with Gasteiger partial charge in [0.2, 0.25) is 5.91 Å². The van der Waals surface area contributed by atoms with Gasteiger partial charge in [-0.1, -0.05) is 39.8 Å². The lowest BCUT2D eigenvalue weighted by atomic mass is 9.63. The standard InChI is InChI=1S/C24H33N3OS/c1-23(2)9-10-24(3,4)19-13-17(5-6-18(19)23)20-15-29-22(26-20)16-7-11-27(12-8-16)14-21(25)28/h5-6,13,15-16H,7-12,14H2,1-4H3,(H2,25,28). The van der Waals surface area contributed by atoms with Crippen molar-refractivity contribution in [3.8, 4) is 11.3 Å². The molecule has 2 heterocycles. The van der Waals surface area contributed by atoms with Crippen molar-refractivity contribution in [1.82, 2.24) is 9.88 Å². The highest BCUT2D eigenvalue weighted by Crippen LogP contribution is 2.47. The summed E-state index contributed by atoms with van der Waals surface area (Å²) in [5.41, 5.74) is 11.1. The molecule has 0 spiro atoms. The Balaban J connectivity index is 1.54. The van der Waals surface area contributed by atoms with Gasteiger partial charge in [0.1, 0.15) is 0 Å². The van der Waals surface area contributed by atoms with E-state index in [1.54, 1.807) is 11.3 Å². The molecular weight excluding hydrogens is 378 g/mol. The zero-order chi connectivity index (χ0) is 20.8. The van der Waals surface area contributed by atoms with Crippen molar-refractivity contribution in [3.05, 3.63) is 39.7 Å². The van der Waals surface area contributed by atoms with Crippen molar-refractivity contribution in [2.45, 2.75) is 70.1 Å². The Hall–Kier alpha value is -1.72. The van der Waals surface area contributed by atoms with Gasteiger partial charge in [-0.05, 0) is 66.8 Å². The highest BCUT2D eigenvalue weighted by atomic mass is 32.1. The minimum Gasteiger partial charge on any atom is -0.369 e. The zero-order valence-electron chi connectivity index (χ0n) is 18.1. The molecule has 1 fully saturated rings. The molecule has 2 aromatic rings. The van der Waals surface area contributed by atoms with Crippen molar-refractivity contribution in [2.75, 3.05) is 19.6 Å². The fraction of sp³-hybridized carbons (Fsp3) is 0.583. The molecule has 1 aliphatic carbocycles. The van der Waals surface area contributed by atoms with Gasteiger partial charge in [-0.25, -0.2) is 4.98 Å². The fourth-order valence-electron chi connectivity index (χ4n) is 4.91. The fourth-order valence-corrected chi connectivity index (χ4v) is 5.91. The van der Waals surface area contributed by atoms with Crippen molar-refractivity contribution in [3.63, 3.8) is 0 Å². The van der Waals surface area contributed by atoms with Crippen LogP contribution in [0.3, 0.4) is 0 Å². The van der Waals surface area contributed by atoms with Gasteiger partial charge in [-0.3, -0.25) is 9.69 Å². The first kappa shape index (κ1) is 20.5. The average Bonchev–Trinajstić information content (AvgIpc) is 3.16. The van der Waals surface area contributed by atoms with Crippen molar-refractivity contribution >= 4 is 17.2 Å². The number of primary amides is 1. The van der Waals surface area contributed by atoms with Gasteiger partial charge in [0.25, 0.3) is 0 Å². The number of rotatable bonds is 4. The first-order valence-electron chi connectivity index (χ1n) is 10.8. The molecule has 0 unspecified atom stereocenters. The topological polar surface area (TPSA) is 59.2 Å². The van der Waals surface area contributed by atoms with Crippen LogP contribution in [0.15, 0.2) is 23.6 Å². The largest absolute Gasteiger partial charge is 0.369 e. The van der Waals surface area contributed by atoms with E-state index < -0.39 is 0 Å². The summed E-state index contributed by atoms with van der Waals surface area (Å²) in [7, 11) is 0. The third-order valence-electron chi connectivity index (χ3n) is 6.99. The molecule has 4 nitrogen and oxygen atoms in total. The monoisotopic (exact) mass is 411 g/mol. The lowest BCUT2D eigenvalue weighted by molar-refractivity contribution is -0.119. The van der Waals surface area contributed by atoms with Crippen molar-refractivity contribution in [2.24, 2.45) is 5.73 Å². The van der Waals surface area contributed by atoms with Gasteiger partial charge in [-0.2, -0.15) is 0 Å². The molecule has 2 N–H and O–H groups in total. The summed E-state index contributed by atoms with van der Waals surface area (Å²) in [5, 5.41) is 3.45. The molecule has 29 heavy (non-hydrogen) atoms. The molecule has 1 aromatic carbocycles.